The molecule has 3 rings (SSSR count). The number of aromatic nitrogens is 2. The molecule has 0 fully saturated rings. The van der Waals surface area contributed by atoms with Crippen molar-refractivity contribution in [3.63, 3.8) is 0 Å². The van der Waals surface area contributed by atoms with Crippen molar-refractivity contribution in [3.8, 4) is 5.75 Å². The normalized spacial score (nSPS) is 18.9. The third-order valence-electron chi connectivity index (χ3n) is 3.69. The van der Waals surface area contributed by atoms with Crippen LogP contribution in [0, 0.1) is 0 Å². The summed E-state index contributed by atoms with van der Waals surface area (Å²) < 4.78 is 8.18. The average Bonchev–Trinajstić information content (AvgIpc) is 2.94. The second-order valence-electron chi connectivity index (χ2n) is 5.23. The summed E-state index contributed by atoms with van der Waals surface area (Å²) in [4.78, 5) is 1.23. The van der Waals surface area contributed by atoms with Crippen molar-refractivity contribution in [2.45, 2.75) is 30.4 Å². The largest absolute Gasteiger partial charge is 0.486 e. The van der Waals surface area contributed by atoms with Gasteiger partial charge in [0, 0.05) is 23.9 Å². The minimum absolute atomic E-state index is 0.117. The van der Waals surface area contributed by atoms with Crippen LogP contribution in [0.3, 0.4) is 0 Å². The van der Waals surface area contributed by atoms with E-state index in [1.807, 2.05) is 35.8 Å². The number of ether oxygens (including phenoxy) is 1. The Morgan fingerprint density at radius 3 is 3.05 bits per heavy atom. The van der Waals surface area contributed by atoms with Gasteiger partial charge in [-0.1, -0.05) is 19.1 Å². The van der Waals surface area contributed by atoms with Crippen molar-refractivity contribution in [3.05, 3.63) is 42.2 Å². The highest BCUT2D eigenvalue weighted by Gasteiger charge is 2.30. The zero-order valence-electron chi connectivity index (χ0n) is 12.5. The number of thioether (sulfide) groups is 1. The second-order valence-corrected chi connectivity index (χ2v) is 6.29. The molecule has 2 atom stereocenters. The fourth-order valence-electron chi connectivity index (χ4n) is 2.62. The number of nitrogens with zero attached hydrogens (tertiary/aromatic N) is 2. The van der Waals surface area contributed by atoms with E-state index in [-0.39, 0.29) is 12.1 Å². The van der Waals surface area contributed by atoms with Crippen molar-refractivity contribution in [1.29, 1.82) is 0 Å². The lowest BCUT2D eigenvalue weighted by Gasteiger charge is -2.32. The lowest BCUT2D eigenvalue weighted by atomic mass is 10.1. The molecule has 2 heterocycles. The molecule has 4 nitrogen and oxygen atoms in total. The van der Waals surface area contributed by atoms with Crippen molar-refractivity contribution in [2.75, 3.05) is 12.3 Å². The molecule has 0 amide bonds. The van der Waals surface area contributed by atoms with Gasteiger partial charge >= 0.3 is 0 Å². The Morgan fingerprint density at radius 1 is 1.43 bits per heavy atom. The highest BCUT2D eigenvalue weighted by atomic mass is 32.2. The minimum atomic E-state index is 0.117. The van der Waals surface area contributed by atoms with Gasteiger partial charge in [0.05, 0.1) is 11.7 Å². The Bertz CT molecular complexity index is 599. The van der Waals surface area contributed by atoms with Crippen LogP contribution in [0.25, 0.3) is 0 Å². The van der Waals surface area contributed by atoms with Crippen LogP contribution in [0.1, 0.15) is 25.1 Å². The molecule has 21 heavy (non-hydrogen) atoms. The second kappa shape index (κ2) is 6.54. The number of fused-ring (bicyclic) bond motifs is 1. The van der Waals surface area contributed by atoms with Crippen LogP contribution in [0.2, 0.25) is 0 Å². The maximum atomic E-state index is 6.25. The molecule has 0 spiro atoms. The molecule has 1 aromatic carbocycles. The molecule has 0 radical (unpaired) electrons. The summed E-state index contributed by atoms with van der Waals surface area (Å²) in [6, 6.07) is 10.5. The average molecular weight is 303 g/mol. The quantitative estimate of drug-likeness (QED) is 0.921. The fraction of sp³-hybridized carbons (Fsp3) is 0.438. The maximum absolute atomic E-state index is 6.25. The van der Waals surface area contributed by atoms with Crippen LogP contribution in [0.15, 0.2) is 41.4 Å². The number of nitrogens with one attached hydrogen (secondary N) is 1. The summed E-state index contributed by atoms with van der Waals surface area (Å²) in [5.74, 6) is 1.94. The SMILES string of the molecule is CCCNC(c1ccnn1C)C1CSc2ccccc2O1. The molecule has 112 valence electrons. The maximum Gasteiger partial charge on any atom is 0.133 e. The third kappa shape index (κ3) is 3.09. The number of para-hydroxylation sites is 1. The van der Waals surface area contributed by atoms with E-state index in [0.29, 0.717) is 0 Å². The standard InChI is InChI=1S/C16H21N3OS/c1-3-9-17-16(12-8-10-18-19(12)2)14-11-21-15-7-5-4-6-13(15)20-14/h4-8,10,14,16-17H,3,9,11H2,1-2H3. The minimum Gasteiger partial charge on any atom is -0.486 e. The lowest BCUT2D eigenvalue weighted by Crippen LogP contribution is -2.40. The molecular weight excluding hydrogens is 282 g/mol. The Kier molecular flexibility index (Phi) is 4.51. The molecule has 5 heteroatoms. The summed E-state index contributed by atoms with van der Waals surface area (Å²) in [6.45, 7) is 3.15. The summed E-state index contributed by atoms with van der Waals surface area (Å²) in [7, 11) is 1.99. The van der Waals surface area contributed by atoms with Crippen molar-refractivity contribution in [2.24, 2.45) is 7.05 Å². The van der Waals surface area contributed by atoms with Gasteiger partial charge < -0.3 is 10.1 Å². The van der Waals surface area contributed by atoms with Gasteiger partial charge in [-0.05, 0) is 31.2 Å². The predicted molar refractivity (Wildman–Crippen MR) is 85.8 cm³/mol. The van der Waals surface area contributed by atoms with Gasteiger partial charge in [-0.2, -0.15) is 5.10 Å². The first-order valence-electron chi connectivity index (χ1n) is 7.39. The molecule has 1 aromatic heterocycles. The zero-order chi connectivity index (χ0) is 14.7. The van der Waals surface area contributed by atoms with Crippen LogP contribution in [0.5, 0.6) is 5.75 Å². The van der Waals surface area contributed by atoms with Crippen LogP contribution < -0.4 is 10.1 Å². The number of hydrogen-bond donors (Lipinski definition) is 1. The van der Waals surface area contributed by atoms with Crippen molar-refractivity contribution >= 4 is 11.8 Å². The van der Waals surface area contributed by atoms with E-state index in [4.69, 9.17) is 4.74 Å². The Hall–Kier alpha value is -1.46. The summed E-state index contributed by atoms with van der Waals surface area (Å²) >= 11 is 1.87. The van der Waals surface area contributed by atoms with E-state index >= 15 is 0 Å². The van der Waals surface area contributed by atoms with Crippen molar-refractivity contribution in [1.82, 2.24) is 15.1 Å². The first-order valence-corrected chi connectivity index (χ1v) is 8.38. The Labute approximate surface area is 129 Å². The molecule has 1 aliphatic heterocycles. The molecule has 1 N–H and O–H groups in total. The molecular formula is C16H21N3OS. The molecule has 0 saturated carbocycles. The molecule has 1 aliphatic rings. The molecule has 2 aromatic rings. The van der Waals surface area contributed by atoms with Gasteiger partial charge in [0.2, 0.25) is 0 Å². The molecule has 0 saturated heterocycles. The van der Waals surface area contributed by atoms with Crippen LogP contribution in [-0.2, 0) is 7.05 Å². The van der Waals surface area contributed by atoms with Gasteiger partial charge in [0.1, 0.15) is 11.9 Å². The first-order chi connectivity index (χ1) is 10.3. The number of rotatable bonds is 5. The summed E-state index contributed by atoms with van der Waals surface area (Å²) in [5.41, 5.74) is 1.17. The zero-order valence-corrected chi connectivity index (χ0v) is 13.3. The van der Waals surface area contributed by atoms with E-state index in [1.165, 1.54) is 10.6 Å². The van der Waals surface area contributed by atoms with E-state index in [2.05, 4.69) is 41.6 Å². The molecule has 2 unspecified atom stereocenters. The van der Waals surface area contributed by atoms with Gasteiger partial charge in [-0.15, -0.1) is 11.8 Å². The van der Waals surface area contributed by atoms with Gasteiger partial charge in [-0.25, -0.2) is 0 Å². The van der Waals surface area contributed by atoms with E-state index < -0.39 is 0 Å². The third-order valence-corrected chi connectivity index (χ3v) is 4.84. The van der Waals surface area contributed by atoms with E-state index in [9.17, 15) is 0 Å². The Morgan fingerprint density at radius 2 is 2.29 bits per heavy atom. The van der Waals surface area contributed by atoms with Gasteiger partial charge in [0.15, 0.2) is 0 Å². The van der Waals surface area contributed by atoms with Gasteiger partial charge in [0.25, 0.3) is 0 Å². The number of aryl methyl sites for hydroxylation is 1. The molecule has 0 bridgehead atoms. The predicted octanol–water partition coefficient (Wildman–Crippen LogP) is 3.01. The summed E-state index contributed by atoms with van der Waals surface area (Å²) in [5, 5.41) is 7.91. The monoisotopic (exact) mass is 303 g/mol. The topological polar surface area (TPSA) is 39.1 Å². The molecule has 0 aliphatic carbocycles. The first kappa shape index (κ1) is 14.5. The van der Waals surface area contributed by atoms with E-state index in [1.54, 1.807) is 0 Å². The number of hydrogen-bond acceptors (Lipinski definition) is 4. The highest BCUT2D eigenvalue weighted by molar-refractivity contribution is 7.99. The fourth-order valence-corrected chi connectivity index (χ4v) is 3.65. The number of benzene rings is 1. The highest BCUT2D eigenvalue weighted by Crippen LogP contribution is 2.38. The van der Waals surface area contributed by atoms with Crippen LogP contribution >= 0.6 is 11.8 Å². The Balaban J connectivity index is 1.83. The smallest absolute Gasteiger partial charge is 0.133 e. The van der Waals surface area contributed by atoms with Crippen LogP contribution in [0.4, 0.5) is 0 Å². The van der Waals surface area contributed by atoms with Crippen molar-refractivity contribution < 1.29 is 4.74 Å². The summed E-state index contributed by atoms with van der Waals surface area (Å²) in [6.07, 6.45) is 3.07. The van der Waals surface area contributed by atoms with Gasteiger partial charge in [-0.3, -0.25) is 4.68 Å². The van der Waals surface area contributed by atoms with E-state index in [0.717, 1.165) is 24.5 Å². The lowest BCUT2D eigenvalue weighted by molar-refractivity contribution is 0.162. The van der Waals surface area contributed by atoms with Crippen LogP contribution in [-0.4, -0.2) is 28.2 Å².